The standard InChI is InChI=1S/C13H15ClO/c1-3-10(2)7-8-11-5-4-6-12(9-15)13(11)14/h3-8,15H,9H2,1-2H3/b8-7-,10-3-. The Morgan fingerprint density at radius 3 is 2.80 bits per heavy atom. The van der Waals surface area contributed by atoms with Gasteiger partial charge in [0, 0.05) is 0 Å². The van der Waals surface area contributed by atoms with Gasteiger partial charge < -0.3 is 5.11 Å². The third kappa shape index (κ3) is 3.22. The Kier molecular flexibility index (Phi) is 4.60. The molecule has 0 aliphatic carbocycles. The van der Waals surface area contributed by atoms with E-state index in [1.807, 2.05) is 50.3 Å². The summed E-state index contributed by atoms with van der Waals surface area (Å²) in [5, 5.41) is 9.67. The highest BCUT2D eigenvalue weighted by Gasteiger charge is 2.01. The fraction of sp³-hybridized carbons (Fsp3) is 0.231. The Labute approximate surface area is 95.7 Å². The fourth-order valence-corrected chi connectivity index (χ4v) is 1.42. The number of halogens is 1. The number of aliphatic hydroxyl groups excluding tert-OH is 1. The Hall–Kier alpha value is -1.05. The molecule has 0 amide bonds. The third-order valence-electron chi connectivity index (χ3n) is 2.26. The maximum absolute atomic E-state index is 9.05. The van der Waals surface area contributed by atoms with Crippen molar-refractivity contribution in [1.29, 1.82) is 0 Å². The zero-order valence-electron chi connectivity index (χ0n) is 9.00. The van der Waals surface area contributed by atoms with Gasteiger partial charge in [0.25, 0.3) is 0 Å². The summed E-state index contributed by atoms with van der Waals surface area (Å²) in [6, 6.07) is 5.64. The molecule has 15 heavy (non-hydrogen) atoms. The number of benzene rings is 1. The van der Waals surface area contributed by atoms with Crippen LogP contribution in [0.4, 0.5) is 0 Å². The molecule has 0 fully saturated rings. The molecule has 0 bridgehead atoms. The van der Waals surface area contributed by atoms with Crippen molar-refractivity contribution in [2.24, 2.45) is 0 Å². The van der Waals surface area contributed by atoms with Gasteiger partial charge in [-0.1, -0.05) is 53.6 Å². The fourth-order valence-electron chi connectivity index (χ4n) is 1.17. The van der Waals surface area contributed by atoms with Crippen LogP contribution in [0.15, 0.2) is 35.9 Å². The monoisotopic (exact) mass is 222 g/mol. The molecule has 0 aliphatic heterocycles. The summed E-state index contributed by atoms with van der Waals surface area (Å²) in [4.78, 5) is 0. The molecule has 0 unspecified atom stereocenters. The minimum absolute atomic E-state index is 0.0247. The van der Waals surface area contributed by atoms with Crippen LogP contribution in [0, 0.1) is 0 Å². The summed E-state index contributed by atoms with van der Waals surface area (Å²) < 4.78 is 0. The van der Waals surface area contributed by atoms with Crippen molar-refractivity contribution in [1.82, 2.24) is 0 Å². The molecule has 2 heteroatoms. The second kappa shape index (κ2) is 5.74. The van der Waals surface area contributed by atoms with Crippen LogP contribution in [0.1, 0.15) is 25.0 Å². The molecule has 0 aromatic heterocycles. The summed E-state index contributed by atoms with van der Waals surface area (Å²) in [5.41, 5.74) is 2.88. The van der Waals surface area contributed by atoms with Crippen LogP contribution in [0.5, 0.6) is 0 Å². The summed E-state index contributed by atoms with van der Waals surface area (Å²) in [7, 11) is 0. The van der Waals surface area contributed by atoms with Crippen molar-refractivity contribution in [2.45, 2.75) is 20.5 Å². The Morgan fingerprint density at radius 1 is 1.47 bits per heavy atom. The molecule has 0 heterocycles. The zero-order valence-corrected chi connectivity index (χ0v) is 9.75. The molecule has 1 aromatic carbocycles. The molecule has 1 N–H and O–H groups in total. The SMILES string of the molecule is C/C=C(C)\C=C/c1cccc(CO)c1Cl. The van der Waals surface area contributed by atoms with Gasteiger partial charge in [0.2, 0.25) is 0 Å². The topological polar surface area (TPSA) is 20.2 Å². The van der Waals surface area contributed by atoms with E-state index < -0.39 is 0 Å². The molecule has 0 spiro atoms. The normalized spacial score (nSPS) is 12.4. The predicted octanol–water partition coefficient (Wildman–Crippen LogP) is 3.81. The third-order valence-corrected chi connectivity index (χ3v) is 2.72. The van der Waals surface area contributed by atoms with E-state index in [9.17, 15) is 0 Å². The lowest BCUT2D eigenvalue weighted by atomic mass is 10.1. The second-order valence-corrected chi connectivity index (χ2v) is 3.72. The van der Waals surface area contributed by atoms with Gasteiger partial charge >= 0.3 is 0 Å². The summed E-state index contributed by atoms with van der Waals surface area (Å²) in [6.45, 7) is 3.99. The second-order valence-electron chi connectivity index (χ2n) is 3.34. The van der Waals surface area contributed by atoms with Crippen molar-refractivity contribution >= 4 is 17.7 Å². The number of rotatable bonds is 3. The van der Waals surface area contributed by atoms with Crippen LogP contribution in [-0.4, -0.2) is 5.11 Å². The molecule has 0 aliphatic rings. The van der Waals surface area contributed by atoms with Crippen molar-refractivity contribution in [3.63, 3.8) is 0 Å². The first-order chi connectivity index (χ1) is 7.19. The van der Waals surface area contributed by atoms with Crippen molar-refractivity contribution in [3.05, 3.63) is 52.1 Å². The van der Waals surface area contributed by atoms with Gasteiger partial charge in [-0.05, 0) is 25.0 Å². The maximum atomic E-state index is 9.05. The predicted molar refractivity (Wildman–Crippen MR) is 65.8 cm³/mol. The number of aliphatic hydroxyl groups is 1. The molecule has 1 nitrogen and oxygen atoms in total. The first-order valence-electron chi connectivity index (χ1n) is 4.88. The van der Waals surface area contributed by atoms with Crippen molar-refractivity contribution in [2.75, 3.05) is 0 Å². The highest BCUT2D eigenvalue weighted by molar-refractivity contribution is 6.32. The average molecular weight is 223 g/mol. The lowest BCUT2D eigenvalue weighted by Gasteiger charge is -2.03. The smallest absolute Gasteiger partial charge is 0.0696 e. The van der Waals surface area contributed by atoms with E-state index in [2.05, 4.69) is 0 Å². The molecular formula is C13H15ClO. The molecular weight excluding hydrogens is 208 g/mol. The van der Waals surface area contributed by atoms with Gasteiger partial charge in [0.1, 0.15) is 0 Å². The molecule has 1 rings (SSSR count). The molecule has 80 valence electrons. The zero-order chi connectivity index (χ0) is 11.3. The number of hydrogen-bond donors (Lipinski definition) is 1. The van der Waals surface area contributed by atoms with Crippen LogP contribution in [0.25, 0.3) is 6.08 Å². The Balaban J connectivity index is 3.00. The maximum Gasteiger partial charge on any atom is 0.0696 e. The Morgan fingerprint density at radius 2 is 2.20 bits per heavy atom. The highest BCUT2D eigenvalue weighted by Crippen LogP contribution is 2.22. The lowest BCUT2D eigenvalue weighted by molar-refractivity contribution is 0.282. The molecule has 0 atom stereocenters. The first kappa shape index (κ1) is 12.0. The van der Waals surface area contributed by atoms with Crippen LogP contribution in [-0.2, 0) is 6.61 Å². The van der Waals surface area contributed by atoms with Gasteiger partial charge in [0.05, 0.1) is 11.6 Å². The Bertz CT molecular complexity index is 392. The summed E-state index contributed by atoms with van der Waals surface area (Å²) >= 11 is 6.10. The molecule has 0 saturated heterocycles. The van der Waals surface area contributed by atoms with E-state index in [1.165, 1.54) is 5.57 Å². The van der Waals surface area contributed by atoms with Gasteiger partial charge in [0.15, 0.2) is 0 Å². The van der Waals surface area contributed by atoms with Gasteiger partial charge in [-0.15, -0.1) is 0 Å². The number of allylic oxidation sites excluding steroid dienone is 3. The van der Waals surface area contributed by atoms with E-state index in [0.29, 0.717) is 5.02 Å². The average Bonchev–Trinajstić information content (AvgIpc) is 2.27. The van der Waals surface area contributed by atoms with Crippen molar-refractivity contribution < 1.29 is 5.11 Å². The van der Waals surface area contributed by atoms with Crippen LogP contribution >= 0.6 is 11.6 Å². The molecule has 0 radical (unpaired) electrons. The molecule has 0 saturated carbocycles. The van der Waals surface area contributed by atoms with Crippen molar-refractivity contribution in [3.8, 4) is 0 Å². The van der Waals surface area contributed by atoms with E-state index >= 15 is 0 Å². The summed E-state index contributed by atoms with van der Waals surface area (Å²) in [5.74, 6) is 0. The van der Waals surface area contributed by atoms with E-state index in [1.54, 1.807) is 0 Å². The van der Waals surface area contributed by atoms with Gasteiger partial charge in [-0.2, -0.15) is 0 Å². The van der Waals surface area contributed by atoms with E-state index in [-0.39, 0.29) is 6.61 Å². The molecule has 1 aromatic rings. The van der Waals surface area contributed by atoms with Gasteiger partial charge in [-0.3, -0.25) is 0 Å². The quantitative estimate of drug-likeness (QED) is 0.772. The van der Waals surface area contributed by atoms with Gasteiger partial charge in [-0.25, -0.2) is 0 Å². The van der Waals surface area contributed by atoms with Crippen LogP contribution < -0.4 is 0 Å². The van der Waals surface area contributed by atoms with E-state index in [4.69, 9.17) is 16.7 Å². The highest BCUT2D eigenvalue weighted by atomic mass is 35.5. The summed E-state index contributed by atoms with van der Waals surface area (Å²) in [6.07, 6.45) is 5.99. The first-order valence-corrected chi connectivity index (χ1v) is 5.26. The lowest BCUT2D eigenvalue weighted by Crippen LogP contribution is -1.86. The van der Waals surface area contributed by atoms with E-state index in [0.717, 1.165) is 11.1 Å². The van der Waals surface area contributed by atoms with Crippen LogP contribution in [0.3, 0.4) is 0 Å². The number of hydrogen-bond acceptors (Lipinski definition) is 1. The largest absolute Gasteiger partial charge is 0.392 e. The minimum Gasteiger partial charge on any atom is -0.392 e. The minimum atomic E-state index is -0.0247. The van der Waals surface area contributed by atoms with Crippen LogP contribution in [0.2, 0.25) is 5.02 Å².